The largest absolute Gasteiger partial charge is 0.349 e. The molecule has 0 spiro atoms. The van der Waals surface area contributed by atoms with Crippen LogP contribution in [0, 0.1) is 5.82 Å². The average Bonchev–Trinajstić information content (AvgIpc) is 3.31. The molecule has 1 amide bonds. The van der Waals surface area contributed by atoms with E-state index in [4.69, 9.17) is 0 Å². The van der Waals surface area contributed by atoms with Crippen LogP contribution in [0.3, 0.4) is 0 Å². The van der Waals surface area contributed by atoms with Gasteiger partial charge in [0, 0.05) is 18.3 Å². The molecule has 2 aromatic carbocycles. The van der Waals surface area contributed by atoms with Crippen LogP contribution in [-0.4, -0.2) is 46.8 Å². The zero-order valence-electron chi connectivity index (χ0n) is 16.0. The number of amides is 1. The van der Waals surface area contributed by atoms with E-state index in [1.807, 2.05) is 0 Å². The van der Waals surface area contributed by atoms with Crippen LogP contribution in [0.2, 0.25) is 0 Å². The molecule has 4 rings (SSSR count). The minimum atomic E-state index is -0.340. The summed E-state index contributed by atoms with van der Waals surface area (Å²) in [7, 11) is 4.10. The molecule has 0 fully saturated rings. The molecule has 5 nitrogen and oxygen atoms in total. The average molecular weight is 378 g/mol. The van der Waals surface area contributed by atoms with E-state index in [0.717, 1.165) is 12.8 Å². The summed E-state index contributed by atoms with van der Waals surface area (Å²) in [5.41, 5.74) is 3.41. The molecule has 144 valence electrons. The molecule has 1 N–H and O–H groups in total. The lowest BCUT2D eigenvalue weighted by Crippen LogP contribution is -2.53. The molecule has 0 saturated carbocycles. The molecule has 6 heteroatoms. The fourth-order valence-corrected chi connectivity index (χ4v) is 3.82. The van der Waals surface area contributed by atoms with Crippen molar-refractivity contribution in [2.75, 3.05) is 20.6 Å². The van der Waals surface area contributed by atoms with E-state index in [2.05, 4.69) is 53.7 Å². The van der Waals surface area contributed by atoms with Gasteiger partial charge in [-0.2, -0.15) is 5.10 Å². The molecular formula is C22H23FN4O. The summed E-state index contributed by atoms with van der Waals surface area (Å²) in [6, 6.07) is 16.2. The van der Waals surface area contributed by atoms with Crippen LogP contribution in [0.5, 0.6) is 0 Å². The first kappa shape index (κ1) is 18.4. The zero-order valence-corrected chi connectivity index (χ0v) is 16.0. The number of carbonyl (C=O) groups excluding carboxylic acids is 1. The molecule has 0 bridgehead atoms. The van der Waals surface area contributed by atoms with Crippen molar-refractivity contribution in [3.8, 4) is 5.69 Å². The van der Waals surface area contributed by atoms with Crippen LogP contribution >= 0.6 is 0 Å². The van der Waals surface area contributed by atoms with Crippen LogP contribution in [0.15, 0.2) is 60.8 Å². The number of hydrogen-bond acceptors (Lipinski definition) is 3. The van der Waals surface area contributed by atoms with E-state index in [-0.39, 0.29) is 17.3 Å². The lowest BCUT2D eigenvalue weighted by Gasteiger charge is -2.36. The first-order valence-corrected chi connectivity index (χ1v) is 9.31. The number of carbonyl (C=O) groups is 1. The van der Waals surface area contributed by atoms with E-state index in [9.17, 15) is 9.18 Å². The van der Waals surface area contributed by atoms with Crippen molar-refractivity contribution in [2.45, 2.75) is 18.4 Å². The Balaban J connectivity index is 1.47. The lowest BCUT2D eigenvalue weighted by molar-refractivity contribution is 0.0897. The summed E-state index contributed by atoms with van der Waals surface area (Å²) in [5.74, 6) is -0.569. The monoisotopic (exact) mass is 378 g/mol. The minimum absolute atomic E-state index is 0.148. The molecule has 0 aliphatic heterocycles. The third-order valence-electron chi connectivity index (χ3n) is 5.58. The summed E-state index contributed by atoms with van der Waals surface area (Å²) in [6.45, 7) is 0.528. The standard InChI is InChI=1S/C22H23FN4O/c1-26(2)22(13-16-6-3-4-7-17(16)14-22)15-24-21(28)20-10-11-27(25-20)19-9-5-8-18(23)12-19/h3-12H,13-15H2,1-2H3,(H,24,28). The first-order valence-electron chi connectivity index (χ1n) is 9.31. The maximum atomic E-state index is 13.4. The van der Waals surface area contributed by atoms with Gasteiger partial charge in [-0.1, -0.05) is 30.3 Å². The summed E-state index contributed by atoms with van der Waals surface area (Å²) in [4.78, 5) is 14.9. The molecule has 1 aliphatic carbocycles. The van der Waals surface area contributed by atoms with Gasteiger partial charge in [0.15, 0.2) is 5.69 Å². The summed E-state index contributed by atoms with van der Waals surface area (Å²) >= 11 is 0. The van der Waals surface area contributed by atoms with Gasteiger partial charge in [0.2, 0.25) is 0 Å². The number of aromatic nitrogens is 2. The highest BCUT2D eigenvalue weighted by Gasteiger charge is 2.39. The van der Waals surface area contributed by atoms with Gasteiger partial charge in [-0.15, -0.1) is 0 Å². The minimum Gasteiger partial charge on any atom is -0.349 e. The second-order valence-corrected chi connectivity index (χ2v) is 7.55. The molecule has 0 unspecified atom stereocenters. The van der Waals surface area contributed by atoms with E-state index in [0.29, 0.717) is 17.9 Å². The fourth-order valence-electron chi connectivity index (χ4n) is 3.82. The van der Waals surface area contributed by atoms with Crippen LogP contribution in [0.25, 0.3) is 5.69 Å². The Kier molecular flexibility index (Phi) is 4.73. The molecule has 1 aliphatic rings. The van der Waals surface area contributed by atoms with E-state index >= 15 is 0 Å². The Labute approximate surface area is 163 Å². The van der Waals surface area contributed by atoms with Crippen LogP contribution in [0.4, 0.5) is 4.39 Å². The maximum absolute atomic E-state index is 13.4. The van der Waals surface area contributed by atoms with Crippen molar-refractivity contribution in [2.24, 2.45) is 0 Å². The highest BCUT2D eigenvalue weighted by atomic mass is 19.1. The molecule has 3 aromatic rings. The van der Waals surface area contributed by atoms with Crippen molar-refractivity contribution in [1.82, 2.24) is 20.0 Å². The number of fused-ring (bicyclic) bond motifs is 1. The number of halogens is 1. The van der Waals surface area contributed by atoms with Gasteiger partial charge >= 0.3 is 0 Å². The second kappa shape index (κ2) is 7.20. The number of rotatable bonds is 5. The highest BCUT2D eigenvalue weighted by molar-refractivity contribution is 5.92. The van der Waals surface area contributed by atoms with E-state index in [1.165, 1.54) is 27.9 Å². The predicted octanol–water partition coefficient (Wildman–Crippen LogP) is 2.84. The Morgan fingerprint density at radius 1 is 1.14 bits per heavy atom. The molecule has 0 radical (unpaired) electrons. The van der Waals surface area contributed by atoms with Gasteiger partial charge < -0.3 is 10.2 Å². The number of benzene rings is 2. The number of likely N-dealkylation sites (N-methyl/N-ethyl adjacent to an activating group) is 1. The quantitative estimate of drug-likeness (QED) is 0.743. The summed E-state index contributed by atoms with van der Waals surface area (Å²) in [5, 5.41) is 7.34. The smallest absolute Gasteiger partial charge is 0.271 e. The van der Waals surface area contributed by atoms with Gasteiger partial charge in [0.05, 0.1) is 5.69 Å². The van der Waals surface area contributed by atoms with Gasteiger partial charge in [-0.05, 0) is 62.3 Å². The Hall–Kier alpha value is -2.99. The van der Waals surface area contributed by atoms with Crippen LogP contribution in [0.1, 0.15) is 21.6 Å². The SMILES string of the molecule is CN(C)C1(CNC(=O)c2ccn(-c3cccc(F)c3)n2)Cc2ccccc2C1. The zero-order chi connectivity index (χ0) is 19.7. The maximum Gasteiger partial charge on any atom is 0.271 e. The van der Waals surface area contributed by atoms with E-state index in [1.54, 1.807) is 24.4 Å². The Morgan fingerprint density at radius 2 is 1.86 bits per heavy atom. The Morgan fingerprint density at radius 3 is 2.50 bits per heavy atom. The van der Waals surface area contributed by atoms with Crippen molar-refractivity contribution in [3.63, 3.8) is 0 Å². The van der Waals surface area contributed by atoms with Crippen molar-refractivity contribution in [1.29, 1.82) is 0 Å². The number of nitrogens with one attached hydrogen (secondary N) is 1. The summed E-state index contributed by atoms with van der Waals surface area (Å²) < 4.78 is 14.9. The number of hydrogen-bond donors (Lipinski definition) is 1. The van der Waals surface area contributed by atoms with Crippen molar-refractivity contribution >= 4 is 5.91 Å². The van der Waals surface area contributed by atoms with Crippen molar-refractivity contribution < 1.29 is 9.18 Å². The third kappa shape index (κ3) is 3.43. The predicted molar refractivity (Wildman–Crippen MR) is 106 cm³/mol. The molecular weight excluding hydrogens is 355 g/mol. The first-order chi connectivity index (χ1) is 13.5. The Bertz CT molecular complexity index is 986. The third-order valence-corrected chi connectivity index (χ3v) is 5.58. The number of nitrogens with zero attached hydrogens (tertiary/aromatic N) is 3. The second-order valence-electron chi connectivity index (χ2n) is 7.55. The van der Waals surface area contributed by atoms with Gasteiger partial charge in [-0.3, -0.25) is 4.79 Å². The lowest BCUT2D eigenvalue weighted by atomic mass is 9.94. The normalized spacial score (nSPS) is 14.9. The van der Waals surface area contributed by atoms with Gasteiger partial charge in [0.25, 0.3) is 5.91 Å². The summed E-state index contributed by atoms with van der Waals surface area (Å²) in [6.07, 6.45) is 3.46. The molecule has 0 saturated heterocycles. The topological polar surface area (TPSA) is 50.2 Å². The highest BCUT2D eigenvalue weighted by Crippen LogP contribution is 2.33. The fraction of sp³-hybridized carbons (Fsp3) is 0.273. The molecule has 0 atom stereocenters. The van der Waals surface area contributed by atoms with E-state index < -0.39 is 0 Å². The van der Waals surface area contributed by atoms with Crippen LogP contribution < -0.4 is 5.32 Å². The van der Waals surface area contributed by atoms with Crippen molar-refractivity contribution in [3.05, 3.63) is 83.4 Å². The molecule has 1 aromatic heterocycles. The van der Waals surface area contributed by atoms with Crippen LogP contribution in [-0.2, 0) is 12.8 Å². The van der Waals surface area contributed by atoms with Gasteiger partial charge in [0.1, 0.15) is 5.82 Å². The molecule has 28 heavy (non-hydrogen) atoms. The molecule has 1 heterocycles. The van der Waals surface area contributed by atoms with Gasteiger partial charge in [-0.25, -0.2) is 9.07 Å².